The largest absolute Gasteiger partial charge is 0.465 e. The second-order valence-electron chi connectivity index (χ2n) is 2.86. The summed E-state index contributed by atoms with van der Waals surface area (Å²) in [5.41, 5.74) is 0.415. The van der Waals surface area contributed by atoms with Crippen LogP contribution in [0.15, 0.2) is 23.1 Å². The molecule has 0 bridgehead atoms. The summed E-state index contributed by atoms with van der Waals surface area (Å²) in [6.07, 6.45) is 0.690. The number of thioether (sulfide) groups is 1. The van der Waals surface area contributed by atoms with Gasteiger partial charge in [0.05, 0.1) is 17.4 Å². The predicted octanol–water partition coefficient (Wildman–Crippen LogP) is 2.81. The van der Waals surface area contributed by atoms with Gasteiger partial charge in [0.2, 0.25) is 0 Å². The van der Waals surface area contributed by atoms with Crippen molar-refractivity contribution in [1.29, 1.82) is 0 Å². The third-order valence-electron chi connectivity index (χ3n) is 1.78. The zero-order chi connectivity index (χ0) is 12.0. The lowest BCUT2D eigenvalue weighted by Gasteiger charge is -2.05. The molecule has 0 aliphatic rings. The van der Waals surface area contributed by atoms with Crippen LogP contribution in [-0.2, 0) is 9.53 Å². The Hall–Kier alpha value is -1.00. The summed E-state index contributed by atoms with van der Waals surface area (Å²) in [6.45, 7) is 2.11. The summed E-state index contributed by atoms with van der Waals surface area (Å²) in [5.74, 6) is -0.126. The second-order valence-corrected chi connectivity index (χ2v) is 4.29. The number of rotatable bonds is 5. The first-order valence-electron chi connectivity index (χ1n) is 4.71. The molecule has 0 amide bonds. The summed E-state index contributed by atoms with van der Waals surface area (Å²) in [6, 6.07) is 5.13. The monoisotopic (exact) mass is 258 g/mol. The number of carbonyl (C=O) groups excluding carboxylic acids is 2. The van der Waals surface area contributed by atoms with E-state index in [1.807, 2.05) is 0 Å². The molecule has 1 rings (SSSR count). The number of ether oxygens (including phenoxy) is 1. The van der Waals surface area contributed by atoms with Crippen LogP contribution in [0.5, 0.6) is 0 Å². The van der Waals surface area contributed by atoms with Crippen LogP contribution in [0, 0.1) is 0 Å². The Balaban J connectivity index is 2.70. The zero-order valence-electron chi connectivity index (χ0n) is 8.73. The van der Waals surface area contributed by atoms with Gasteiger partial charge in [-0.15, -0.1) is 11.8 Å². The van der Waals surface area contributed by atoms with Gasteiger partial charge in [0.25, 0.3) is 0 Å². The number of benzene rings is 1. The SMILES string of the molecule is CCOC(=O)CSc1cccc(Cl)c1C=O. The fraction of sp³-hybridized carbons (Fsp3) is 0.273. The van der Waals surface area contributed by atoms with Gasteiger partial charge in [-0.3, -0.25) is 9.59 Å². The van der Waals surface area contributed by atoms with Crippen LogP contribution in [0.1, 0.15) is 17.3 Å². The van der Waals surface area contributed by atoms with Crippen molar-refractivity contribution in [3.63, 3.8) is 0 Å². The molecule has 0 radical (unpaired) electrons. The Morgan fingerprint density at radius 3 is 2.94 bits per heavy atom. The Bertz CT molecular complexity index is 393. The average Bonchev–Trinajstić information content (AvgIpc) is 2.27. The second kappa shape index (κ2) is 6.55. The zero-order valence-corrected chi connectivity index (χ0v) is 10.3. The Morgan fingerprint density at radius 1 is 1.56 bits per heavy atom. The normalized spacial score (nSPS) is 9.88. The standard InChI is InChI=1S/C11H11ClO3S/c1-2-15-11(14)7-16-10-5-3-4-9(12)8(10)6-13/h3-6H,2,7H2,1H3. The molecule has 0 aliphatic heterocycles. The number of hydrogen-bond donors (Lipinski definition) is 0. The van der Waals surface area contributed by atoms with E-state index in [1.54, 1.807) is 25.1 Å². The van der Waals surface area contributed by atoms with Crippen molar-refractivity contribution < 1.29 is 14.3 Å². The molecule has 0 saturated carbocycles. The average molecular weight is 259 g/mol. The third-order valence-corrected chi connectivity index (χ3v) is 3.16. The molecule has 0 saturated heterocycles. The molecular formula is C11H11ClO3S. The van der Waals surface area contributed by atoms with Gasteiger partial charge in [0.1, 0.15) is 0 Å². The van der Waals surface area contributed by atoms with E-state index in [-0.39, 0.29) is 11.7 Å². The molecular weight excluding hydrogens is 248 g/mol. The van der Waals surface area contributed by atoms with E-state index in [9.17, 15) is 9.59 Å². The summed E-state index contributed by atoms with van der Waals surface area (Å²) in [4.78, 5) is 22.6. The summed E-state index contributed by atoms with van der Waals surface area (Å²) in [5, 5.41) is 0.392. The van der Waals surface area contributed by atoms with Gasteiger partial charge in [-0.1, -0.05) is 17.7 Å². The maximum absolute atomic E-state index is 11.1. The van der Waals surface area contributed by atoms with Gasteiger partial charge in [-0.2, -0.15) is 0 Å². The number of esters is 1. The number of aldehydes is 1. The summed E-state index contributed by atoms with van der Waals surface area (Å²) in [7, 11) is 0. The number of halogens is 1. The molecule has 0 aliphatic carbocycles. The third kappa shape index (κ3) is 3.54. The first kappa shape index (κ1) is 13.1. The fourth-order valence-corrected chi connectivity index (χ4v) is 2.22. The van der Waals surface area contributed by atoms with Crippen molar-refractivity contribution in [1.82, 2.24) is 0 Å². The van der Waals surface area contributed by atoms with Gasteiger partial charge in [0.15, 0.2) is 6.29 Å². The molecule has 0 fully saturated rings. The lowest BCUT2D eigenvalue weighted by atomic mass is 10.2. The molecule has 5 heteroatoms. The highest BCUT2D eigenvalue weighted by atomic mass is 35.5. The minimum absolute atomic E-state index is 0.176. The predicted molar refractivity (Wildman–Crippen MR) is 64.2 cm³/mol. The smallest absolute Gasteiger partial charge is 0.316 e. The van der Waals surface area contributed by atoms with Crippen LogP contribution in [0.3, 0.4) is 0 Å². The molecule has 0 atom stereocenters. The first-order chi connectivity index (χ1) is 7.69. The van der Waals surface area contributed by atoms with E-state index in [0.717, 1.165) is 0 Å². The van der Waals surface area contributed by atoms with E-state index >= 15 is 0 Å². The summed E-state index contributed by atoms with van der Waals surface area (Å²) >= 11 is 7.09. The molecule has 0 spiro atoms. The lowest BCUT2D eigenvalue weighted by Crippen LogP contribution is -2.06. The molecule has 3 nitrogen and oxygen atoms in total. The molecule has 0 unspecified atom stereocenters. The van der Waals surface area contributed by atoms with Gasteiger partial charge in [0, 0.05) is 10.5 Å². The highest BCUT2D eigenvalue weighted by Crippen LogP contribution is 2.27. The maximum Gasteiger partial charge on any atom is 0.316 e. The van der Waals surface area contributed by atoms with Crippen molar-refractivity contribution in [2.75, 3.05) is 12.4 Å². The van der Waals surface area contributed by atoms with Crippen LogP contribution < -0.4 is 0 Å². The maximum atomic E-state index is 11.1. The molecule has 0 aromatic heterocycles. The van der Waals surface area contributed by atoms with Gasteiger partial charge in [-0.05, 0) is 19.1 Å². The van der Waals surface area contributed by atoms with Crippen molar-refractivity contribution in [2.24, 2.45) is 0 Å². The van der Waals surface area contributed by atoms with Crippen molar-refractivity contribution in [3.05, 3.63) is 28.8 Å². The highest BCUT2D eigenvalue weighted by Gasteiger charge is 2.09. The fourth-order valence-electron chi connectivity index (χ4n) is 1.10. The number of carbonyl (C=O) groups is 2. The molecule has 1 aromatic rings. The molecule has 16 heavy (non-hydrogen) atoms. The van der Waals surface area contributed by atoms with E-state index < -0.39 is 0 Å². The molecule has 1 aromatic carbocycles. The Morgan fingerprint density at radius 2 is 2.31 bits per heavy atom. The Kier molecular flexibility index (Phi) is 5.35. The van der Waals surface area contributed by atoms with E-state index in [0.29, 0.717) is 28.4 Å². The first-order valence-corrected chi connectivity index (χ1v) is 6.07. The minimum Gasteiger partial charge on any atom is -0.465 e. The Labute approximate surface area is 103 Å². The van der Waals surface area contributed by atoms with E-state index in [1.165, 1.54) is 11.8 Å². The molecule has 0 N–H and O–H groups in total. The van der Waals surface area contributed by atoms with Crippen LogP contribution in [0.25, 0.3) is 0 Å². The lowest BCUT2D eigenvalue weighted by molar-refractivity contribution is -0.139. The number of hydrogen-bond acceptors (Lipinski definition) is 4. The van der Waals surface area contributed by atoms with Crippen molar-refractivity contribution >= 4 is 35.6 Å². The van der Waals surface area contributed by atoms with E-state index in [2.05, 4.69) is 0 Å². The topological polar surface area (TPSA) is 43.4 Å². The molecule has 0 heterocycles. The van der Waals surface area contributed by atoms with Crippen LogP contribution in [0.2, 0.25) is 5.02 Å². The quantitative estimate of drug-likeness (QED) is 0.463. The van der Waals surface area contributed by atoms with Gasteiger partial charge < -0.3 is 4.74 Å². The highest BCUT2D eigenvalue weighted by molar-refractivity contribution is 8.00. The molecule has 86 valence electrons. The summed E-state index contributed by atoms with van der Waals surface area (Å²) < 4.78 is 4.79. The van der Waals surface area contributed by atoms with Crippen LogP contribution >= 0.6 is 23.4 Å². The van der Waals surface area contributed by atoms with Crippen molar-refractivity contribution in [2.45, 2.75) is 11.8 Å². The van der Waals surface area contributed by atoms with E-state index in [4.69, 9.17) is 16.3 Å². The van der Waals surface area contributed by atoms with Crippen LogP contribution in [0.4, 0.5) is 0 Å². The minimum atomic E-state index is -0.302. The van der Waals surface area contributed by atoms with Gasteiger partial charge >= 0.3 is 5.97 Å². The van der Waals surface area contributed by atoms with Gasteiger partial charge in [-0.25, -0.2) is 0 Å². The van der Waals surface area contributed by atoms with Crippen LogP contribution in [-0.4, -0.2) is 24.6 Å². The van der Waals surface area contributed by atoms with Crippen molar-refractivity contribution in [3.8, 4) is 0 Å².